The lowest BCUT2D eigenvalue weighted by Gasteiger charge is -2.34. The maximum atomic E-state index is 13.9. The second-order valence-corrected chi connectivity index (χ2v) is 9.65. The molecule has 188 valence electrons. The van der Waals surface area contributed by atoms with Gasteiger partial charge in [-0.3, -0.25) is 4.79 Å². The fourth-order valence-corrected chi connectivity index (χ4v) is 4.15. The van der Waals surface area contributed by atoms with E-state index in [2.05, 4.69) is 27.1 Å². The van der Waals surface area contributed by atoms with E-state index in [1.165, 1.54) is 6.20 Å². The normalized spacial score (nSPS) is 17.4. The van der Waals surface area contributed by atoms with Crippen molar-refractivity contribution < 1.29 is 18.0 Å². The monoisotopic (exact) mass is 496 g/mol. The SMILES string of the molecule is CC(C)(CNC(=O)c1cnn2c1NC(c1ccccc1)C[C@H]2C(F)(F)F)CNc1cccc(C#N)c1. The maximum Gasteiger partial charge on any atom is 0.410 e. The number of nitrogens with one attached hydrogen (secondary N) is 3. The Hall–Kier alpha value is -4.00. The molecule has 0 radical (unpaired) electrons. The van der Waals surface area contributed by atoms with Crippen LogP contribution in [-0.4, -0.2) is 35.0 Å². The fraction of sp³-hybridized carbons (Fsp3) is 0.346. The lowest BCUT2D eigenvalue weighted by Crippen LogP contribution is -2.39. The zero-order chi connectivity index (χ0) is 25.9. The number of nitrogens with zero attached hydrogens (tertiary/aromatic N) is 3. The number of fused-ring (bicyclic) bond motifs is 1. The van der Waals surface area contributed by atoms with Crippen LogP contribution in [0.4, 0.5) is 24.7 Å². The van der Waals surface area contributed by atoms with Gasteiger partial charge in [-0.15, -0.1) is 0 Å². The van der Waals surface area contributed by atoms with Crippen molar-refractivity contribution in [3.05, 3.63) is 77.5 Å². The number of halogens is 3. The molecule has 7 nitrogen and oxygen atoms in total. The van der Waals surface area contributed by atoms with E-state index < -0.39 is 24.2 Å². The van der Waals surface area contributed by atoms with Crippen molar-refractivity contribution in [2.75, 3.05) is 23.7 Å². The van der Waals surface area contributed by atoms with Crippen molar-refractivity contribution in [1.82, 2.24) is 15.1 Å². The molecule has 0 spiro atoms. The average molecular weight is 497 g/mol. The molecule has 10 heteroatoms. The number of carbonyl (C=O) groups is 1. The first-order chi connectivity index (χ1) is 17.1. The van der Waals surface area contributed by atoms with Crippen LogP contribution >= 0.6 is 0 Å². The highest BCUT2D eigenvalue weighted by atomic mass is 19.4. The lowest BCUT2D eigenvalue weighted by molar-refractivity contribution is -0.173. The number of nitriles is 1. The van der Waals surface area contributed by atoms with Crippen molar-refractivity contribution in [3.63, 3.8) is 0 Å². The highest BCUT2D eigenvalue weighted by Crippen LogP contribution is 2.44. The summed E-state index contributed by atoms with van der Waals surface area (Å²) in [6, 6.07) is 15.6. The molecule has 4 rings (SSSR count). The lowest BCUT2D eigenvalue weighted by atomic mass is 9.93. The number of alkyl halides is 3. The van der Waals surface area contributed by atoms with Crippen molar-refractivity contribution in [3.8, 4) is 6.07 Å². The predicted octanol–water partition coefficient (Wildman–Crippen LogP) is 5.28. The van der Waals surface area contributed by atoms with Gasteiger partial charge in [-0.25, -0.2) is 4.68 Å². The largest absolute Gasteiger partial charge is 0.410 e. The quantitative estimate of drug-likeness (QED) is 0.414. The predicted molar refractivity (Wildman–Crippen MR) is 131 cm³/mol. The molecule has 2 atom stereocenters. The van der Waals surface area contributed by atoms with Crippen molar-refractivity contribution in [2.45, 2.75) is 38.5 Å². The number of aromatic nitrogens is 2. The summed E-state index contributed by atoms with van der Waals surface area (Å²) < 4.78 is 42.5. The first kappa shape index (κ1) is 25.1. The van der Waals surface area contributed by atoms with E-state index >= 15 is 0 Å². The van der Waals surface area contributed by atoms with Crippen LogP contribution in [0, 0.1) is 16.7 Å². The van der Waals surface area contributed by atoms with Gasteiger partial charge in [0.25, 0.3) is 5.91 Å². The van der Waals surface area contributed by atoms with E-state index in [0.717, 1.165) is 10.4 Å². The summed E-state index contributed by atoms with van der Waals surface area (Å²) in [4.78, 5) is 13.0. The zero-order valence-corrected chi connectivity index (χ0v) is 19.9. The van der Waals surface area contributed by atoms with Gasteiger partial charge in [0.15, 0.2) is 6.04 Å². The molecule has 36 heavy (non-hydrogen) atoms. The first-order valence-corrected chi connectivity index (χ1v) is 11.6. The summed E-state index contributed by atoms with van der Waals surface area (Å²) >= 11 is 0. The van der Waals surface area contributed by atoms with Crippen LogP contribution in [0.15, 0.2) is 60.8 Å². The van der Waals surface area contributed by atoms with Crippen LogP contribution in [0.3, 0.4) is 0 Å². The Morgan fingerprint density at radius 3 is 2.61 bits per heavy atom. The summed E-state index contributed by atoms with van der Waals surface area (Å²) in [5.41, 5.74) is 1.71. The molecule has 2 aromatic carbocycles. The van der Waals surface area contributed by atoms with E-state index in [9.17, 15) is 18.0 Å². The van der Waals surface area contributed by atoms with Gasteiger partial charge in [0, 0.05) is 25.2 Å². The molecule has 1 amide bonds. The Morgan fingerprint density at radius 1 is 1.17 bits per heavy atom. The molecule has 0 fully saturated rings. The zero-order valence-electron chi connectivity index (χ0n) is 19.9. The third kappa shape index (κ3) is 5.62. The molecular weight excluding hydrogens is 469 g/mol. The van der Waals surface area contributed by atoms with Crippen LogP contribution in [0.2, 0.25) is 0 Å². The molecule has 1 aliphatic rings. The minimum atomic E-state index is -4.51. The standard InChI is InChI=1S/C26H27F3N6O/c1-25(2,15-31-19-10-6-7-17(11-19)13-30)16-32-24(36)20-14-33-35-22(26(27,28)29)12-21(34-23(20)35)18-8-4-3-5-9-18/h3-11,14,21-22,31,34H,12,15-16H2,1-2H3,(H,32,36)/t21?,22-/m0/s1. The highest BCUT2D eigenvalue weighted by molar-refractivity contribution is 5.99. The summed E-state index contributed by atoms with van der Waals surface area (Å²) in [6.07, 6.45) is -3.56. The smallest absolute Gasteiger partial charge is 0.384 e. The summed E-state index contributed by atoms with van der Waals surface area (Å²) in [5, 5.41) is 22.2. The Balaban J connectivity index is 1.47. The summed E-state index contributed by atoms with van der Waals surface area (Å²) in [5.74, 6) is -0.447. The van der Waals surface area contributed by atoms with Gasteiger partial charge in [-0.1, -0.05) is 50.2 Å². The number of benzene rings is 2. The van der Waals surface area contributed by atoms with Gasteiger partial charge in [0.1, 0.15) is 11.4 Å². The van der Waals surface area contributed by atoms with Crippen LogP contribution in [0.5, 0.6) is 0 Å². The molecule has 3 aromatic rings. The van der Waals surface area contributed by atoms with Gasteiger partial charge in [-0.2, -0.15) is 23.5 Å². The topological polar surface area (TPSA) is 94.8 Å². The van der Waals surface area contributed by atoms with Crippen molar-refractivity contribution >= 4 is 17.4 Å². The number of rotatable bonds is 7. The van der Waals surface area contributed by atoms with Crippen molar-refractivity contribution in [2.24, 2.45) is 5.41 Å². The van der Waals surface area contributed by atoms with Crippen LogP contribution in [0.1, 0.15) is 53.8 Å². The van der Waals surface area contributed by atoms with E-state index in [-0.39, 0.29) is 29.8 Å². The Bertz CT molecular complexity index is 1260. The minimum Gasteiger partial charge on any atom is -0.384 e. The highest BCUT2D eigenvalue weighted by Gasteiger charge is 2.47. The molecule has 0 aliphatic carbocycles. The molecule has 1 aromatic heterocycles. The third-order valence-corrected chi connectivity index (χ3v) is 6.18. The molecular formula is C26H27F3N6O. The first-order valence-electron chi connectivity index (χ1n) is 11.6. The Morgan fingerprint density at radius 2 is 1.92 bits per heavy atom. The van der Waals surface area contributed by atoms with E-state index in [1.807, 2.05) is 19.9 Å². The number of anilines is 2. The van der Waals surface area contributed by atoms with Crippen LogP contribution in [0.25, 0.3) is 0 Å². The minimum absolute atomic E-state index is 0.0548. The number of hydrogen-bond acceptors (Lipinski definition) is 5. The second-order valence-electron chi connectivity index (χ2n) is 9.65. The summed E-state index contributed by atoms with van der Waals surface area (Å²) in [6.45, 7) is 4.67. The third-order valence-electron chi connectivity index (χ3n) is 6.18. The van der Waals surface area contributed by atoms with Gasteiger partial charge in [0.05, 0.1) is 23.9 Å². The second kappa shape index (κ2) is 9.93. The van der Waals surface area contributed by atoms with E-state index in [0.29, 0.717) is 17.7 Å². The van der Waals surface area contributed by atoms with Gasteiger partial charge >= 0.3 is 6.18 Å². The Kier molecular flexibility index (Phi) is 6.93. The molecule has 1 unspecified atom stereocenters. The average Bonchev–Trinajstić information content (AvgIpc) is 3.30. The maximum absolute atomic E-state index is 13.9. The molecule has 1 aliphatic heterocycles. The van der Waals surface area contributed by atoms with Crippen LogP contribution < -0.4 is 16.0 Å². The van der Waals surface area contributed by atoms with Crippen LogP contribution in [-0.2, 0) is 0 Å². The fourth-order valence-electron chi connectivity index (χ4n) is 4.15. The number of amides is 1. The van der Waals surface area contributed by atoms with Crippen molar-refractivity contribution in [1.29, 1.82) is 5.26 Å². The Labute approximate surface area is 207 Å². The summed E-state index contributed by atoms with van der Waals surface area (Å²) in [7, 11) is 0. The molecule has 3 N–H and O–H groups in total. The van der Waals surface area contributed by atoms with E-state index in [1.54, 1.807) is 48.5 Å². The van der Waals surface area contributed by atoms with Gasteiger partial charge in [-0.05, 0) is 29.2 Å². The molecule has 0 saturated heterocycles. The molecule has 0 bridgehead atoms. The molecule has 2 heterocycles. The van der Waals surface area contributed by atoms with E-state index in [4.69, 9.17) is 5.26 Å². The van der Waals surface area contributed by atoms with Gasteiger partial charge < -0.3 is 16.0 Å². The number of hydrogen-bond donors (Lipinski definition) is 3. The number of carbonyl (C=O) groups excluding carboxylic acids is 1. The molecule has 0 saturated carbocycles. The van der Waals surface area contributed by atoms with Gasteiger partial charge in [0.2, 0.25) is 0 Å².